The van der Waals surface area contributed by atoms with Gasteiger partial charge < -0.3 is 5.73 Å². The fourth-order valence-corrected chi connectivity index (χ4v) is 0.761. The Balaban J connectivity index is 2.62. The molecule has 0 amide bonds. The molecular weight excluding hydrogens is 116 g/mol. The van der Waals surface area contributed by atoms with Gasteiger partial charge in [0.25, 0.3) is 0 Å². The van der Waals surface area contributed by atoms with Gasteiger partial charge in [0, 0.05) is 6.21 Å². The molecule has 2 aliphatic rings. The summed E-state index contributed by atoms with van der Waals surface area (Å²) in [5, 5.41) is 7.36. The average Bonchev–Trinajstić information content (AvgIpc) is 2.35. The summed E-state index contributed by atoms with van der Waals surface area (Å²) in [6.07, 6.45) is 3.44. The third kappa shape index (κ3) is 0.440. The molecule has 0 unspecified atom stereocenters. The smallest absolute Gasteiger partial charge is 0.174 e. The number of rotatable bonds is 0. The lowest BCUT2D eigenvalue weighted by atomic mass is 10.4. The minimum absolute atomic E-state index is 0.412. The highest BCUT2D eigenvalue weighted by Crippen LogP contribution is 2.25. The molecule has 0 aliphatic carbocycles. The number of nitrogens with two attached hydrogens (primary N) is 1. The van der Waals surface area contributed by atoms with Crippen LogP contribution in [0.25, 0.3) is 0 Å². The Bertz CT molecular complexity index is 269. The van der Waals surface area contributed by atoms with E-state index in [0.29, 0.717) is 11.5 Å². The molecule has 2 rings (SSSR count). The van der Waals surface area contributed by atoms with E-state index < -0.39 is 0 Å². The minimum Gasteiger partial charge on any atom is -0.380 e. The van der Waals surface area contributed by atoms with E-state index in [-0.39, 0.29) is 0 Å². The Morgan fingerprint density at radius 1 is 1.33 bits per heavy atom. The van der Waals surface area contributed by atoms with E-state index in [9.17, 15) is 0 Å². The highest BCUT2D eigenvalue weighted by Gasteiger charge is 2.16. The van der Waals surface area contributed by atoms with Gasteiger partial charge in [0.05, 0.1) is 0 Å². The highest BCUT2D eigenvalue weighted by molar-refractivity contribution is 5.79. The largest absolute Gasteiger partial charge is 0.380 e. The Labute approximate surface area is 51.5 Å². The van der Waals surface area contributed by atoms with E-state index in [1.54, 1.807) is 12.3 Å². The number of hydrogen-bond acceptors (Lipinski definition) is 4. The maximum atomic E-state index is 5.38. The van der Waals surface area contributed by atoms with Crippen molar-refractivity contribution in [3.63, 3.8) is 0 Å². The molecule has 0 aromatic heterocycles. The standard InChI is InChI=1S/C5H4N4/c6-5-4-3(8-9-5)1-2-7-4/h1-2H,(H2,6,9). The van der Waals surface area contributed by atoms with Crippen molar-refractivity contribution in [1.29, 1.82) is 0 Å². The molecule has 0 atom stereocenters. The van der Waals surface area contributed by atoms with Crippen LogP contribution in [0.1, 0.15) is 0 Å². The number of aliphatic imine (C=N–C) groups is 1. The molecule has 0 spiro atoms. The van der Waals surface area contributed by atoms with Gasteiger partial charge in [0.15, 0.2) is 5.82 Å². The minimum atomic E-state index is 0.412. The third-order valence-corrected chi connectivity index (χ3v) is 1.19. The average molecular weight is 120 g/mol. The fourth-order valence-electron chi connectivity index (χ4n) is 0.761. The predicted octanol–water partition coefficient (Wildman–Crippen LogP) is 0.548. The van der Waals surface area contributed by atoms with Crippen LogP contribution in [0.15, 0.2) is 38.5 Å². The van der Waals surface area contributed by atoms with Gasteiger partial charge in [-0.3, -0.25) is 4.99 Å². The van der Waals surface area contributed by atoms with Crippen LogP contribution in [0.2, 0.25) is 0 Å². The fraction of sp³-hybridized carbons (Fsp3) is 0. The van der Waals surface area contributed by atoms with Crippen molar-refractivity contribution in [2.45, 2.75) is 0 Å². The monoisotopic (exact) mass is 120 g/mol. The number of azo groups is 1. The molecule has 0 fully saturated rings. The quantitative estimate of drug-likeness (QED) is 0.498. The molecule has 0 aromatic rings. The lowest BCUT2D eigenvalue weighted by Crippen LogP contribution is -1.92. The normalized spacial score (nSPS) is 21.1. The summed E-state index contributed by atoms with van der Waals surface area (Å²) >= 11 is 0. The van der Waals surface area contributed by atoms with Crippen LogP contribution in [0.5, 0.6) is 0 Å². The van der Waals surface area contributed by atoms with E-state index in [1.807, 2.05) is 0 Å². The van der Waals surface area contributed by atoms with Gasteiger partial charge in [-0.15, -0.1) is 10.2 Å². The van der Waals surface area contributed by atoms with Gasteiger partial charge in [-0.1, -0.05) is 0 Å². The van der Waals surface area contributed by atoms with Crippen molar-refractivity contribution in [1.82, 2.24) is 0 Å². The lowest BCUT2D eigenvalue weighted by molar-refractivity contribution is 1.14. The third-order valence-electron chi connectivity index (χ3n) is 1.19. The second-order valence-corrected chi connectivity index (χ2v) is 1.76. The van der Waals surface area contributed by atoms with Crippen molar-refractivity contribution >= 4 is 6.21 Å². The van der Waals surface area contributed by atoms with E-state index in [2.05, 4.69) is 15.2 Å². The summed E-state index contributed by atoms with van der Waals surface area (Å²) in [6.45, 7) is 0. The predicted molar refractivity (Wildman–Crippen MR) is 32.6 cm³/mol. The van der Waals surface area contributed by atoms with Gasteiger partial charge in [-0.25, -0.2) is 0 Å². The van der Waals surface area contributed by atoms with Crippen LogP contribution < -0.4 is 5.73 Å². The van der Waals surface area contributed by atoms with E-state index in [0.717, 1.165) is 5.70 Å². The Morgan fingerprint density at radius 2 is 2.22 bits per heavy atom. The lowest BCUT2D eigenvalue weighted by Gasteiger charge is -1.84. The maximum absolute atomic E-state index is 5.38. The summed E-state index contributed by atoms with van der Waals surface area (Å²) in [6, 6.07) is 0. The molecular formula is C5H4N4. The first-order chi connectivity index (χ1) is 4.38. The maximum Gasteiger partial charge on any atom is 0.174 e. The van der Waals surface area contributed by atoms with Gasteiger partial charge in [-0.2, -0.15) is 0 Å². The Morgan fingerprint density at radius 3 is 3.00 bits per heavy atom. The van der Waals surface area contributed by atoms with Crippen LogP contribution in [0.4, 0.5) is 0 Å². The zero-order chi connectivity index (χ0) is 6.27. The first-order valence-electron chi connectivity index (χ1n) is 2.54. The SMILES string of the molecule is NC1=C2N=CC=C2N=N1. The molecule has 9 heavy (non-hydrogen) atoms. The molecule has 4 nitrogen and oxygen atoms in total. The van der Waals surface area contributed by atoms with Crippen molar-refractivity contribution < 1.29 is 0 Å². The van der Waals surface area contributed by atoms with Crippen molar-refractivity contribution in [2.75, 3.05) is 0 Å². The van der Waals surface area contributed by atoms with Crippen LogP contribution in [-0.2, 0) is 0 Å². The van der Waals surface area contributed by atoms with Crippen LogP contribution in [-0.4, -0.2) is 6.21 Å². The van der Waals surface area contributed by atoms with E-state index in [1.165, 1.54) is 0 Å². The Hall–Kier alpha value is -1.45. The molecule has 0 bridgehead atoms. The van der Waals surface area contributed by atoms with Crippen molar-refractivity contribution in [3.05, 3.63) is 23.3 Å². The molecule has 2 heterocycles. The summed E-state index contributed by atoms with van der Waals surface area (Å²) < 4.78 is 0. The second kappa shape index (κ2) is 1.28. The number of hydrogen-bond donors (Lipinski definition) is 1. The highest BCUT2D eigenvalue weighted by atomic mass is 15.2. The molecule has 0 saturated heterocycles. The van der Waals surface area contributed by atoms with Gasteiger partial charge in [-0.05, 0) is 6.08 Å². The van der Waals surface area contributed by atoms with Gasteiger partial charge in [0.2, 0.25) is 0 Å². The molecule has 44 valence electrons. The molecule has 0 radical (unpaired) electrons. The molecule has 0 saturated carbocycles. The van der Waals surface area contributed by atoms with E-state index in [4.69, 9.17) is 5.73 Å². The summed E-state index contributed by atoms with van der Waals surface area (Å²) in [5.41, 5.74) is 6.86. The molecule has 4 heteroatoms. The van der Waals surface area contributed by atoms with Gasteiger partial charge in [0.1, 0.15) is 11.4 Å². The molecule has 2 aliphatic heterocycles. The summed E-state index contributed by atoms with van der Waals surface area (Å²) in [4.78, 5) is 3.93. The number of nitrogens with zero attached hydrogens (tertiary/aromatic N) is 3. The zero-order valence-electron chi connectivity index (χ0n) is 4.57. The number of fused-ring (bicyclic) bond motifs is 1. The second-order valence-electron chi connectivity index (χ2n) is 1.76. The summed E-state index contributed by atoms with van der Waals surface area (Å²) in [7, 11) is 0. The first-order valence-corrected chi connectivity index (χ1v) is 2.54. The summed E-state index contributed by atoms with van der Waals surface area (Å²) in [5.74, 6) is 0.412. The zero-order valence-corrected chi connectivity index (χ0v) is 4.57. The van der Waals surface area contributed by atoms with E-state index >= 15 is 0 Å². The topological polar surface area (TPSA) is 63.1 Å². The van der Waals surface area contributed by atoms with Gasteiger partial charge >= 0.3 is 0 Å². The van der Waals surface area contributed by atoms with Crippen molar-refractivity contribution in [3.8, 4) is 0 Å². The first kappa shape index (κ1) is 4.43. The number of allylic oxidation sites excluding steroid dienone is 1. The Kier molecular flexibility index (Phi) is 0.631. The van der Waals surface area contributed by atoms with Crippen molar-refractivity contribution in [2.24, 2.45) is 21.0 Å². The molecule has 2 N–H and O–H groups in total. The van der Waals surface area contributed by atoms with Crippen LogP contribution in [0.3, 0.4) is 0 Å². The van der Waals surface area contributed by atoms with Crippen LogP contribution >= 0.6 is 0 Å². The van der Waals surface area contributed by atoms with Crippen LogP contribution in [0, 0.1) is 0 Å². The molecule has 0 aromatic carbocycles.